The zero-order chi connectivity index (χ0) is 13.1. The fourth-order valence-electron chi connectivity index (χ4n) is 2.47. The van der Waals surface area contributed by atoms with E-state index in [-0.39, 0.29) is 11.8 Å². The van der Waals surface area contributed by atoms with Gasteiger partial charge in [0.1, 0.15) is 0 Å². The van der Waals surface area contributed by atoms with Gasteiger partial charge in [-0.05, 0) is 39.7 Å². The Bertz CT molecular complexity index is 470. The number of carbonyl (C=O) groups is 1. The Morgan fingerprint density at radius 3 is 2.61 bits per heavy atom. The number of hydrazone groups is 1. The molecule has 4 heteroatoms. The van der Waals surface area contributed by atoms with Gasteiger partial charge in [0.25, 0.3) is 0 Å². The minimum Gasteiger partial charge on any atom is -0.273 e. The Hall–Kier alpha value is -1.16. The summed E-state index contributed by atoms with van der Waals surface area (Å²) < 4.78 is 0. The molecule has 1 aromatic rings. The van der Waals surface area contributed by atoms with Crippen molar-refractivity contribution in [2.24, 2.45) is 11.0 Å². The summed E-state index contributed by atoms with van der Waals surface area (Å²) in [5, 5.41) is 4.24. The molecule has 1 N–H and O–H groups in total. The molecule has 1 aliphatic carbocycles. The van der Waals surface area contributed by atoms with Gasteiger partial charge >= 0.3 is 0 Å². The second kappa shape index (κ2) is 5.65. The van der Waals surface area contributed by atoms with Crippen molar-refractivity contribution in [3.05, 3.63) is 21.4 Å². The van der Waals surface area contributed by atoms with E-state index >= 15 is 0 Å². The molecule has 0 aromatic carbocycles. The van der Waals surface area contributed by atoms with Gasteiger partial charge in [0.2, 0.25) is 5.91 Å². The normalized spacial score (nSPS) is 17.2. The van der Waals surface area contributed by atoms with E-state index in [1.165, 1.54) is 22.6 Å². The van der Waals surface area contributed by atoms with Gasteiger partial charge in [0.15, 0.2) is 0 Å². The molecule has 3 nitrogen and oxygen atoms in total. The van der Waals surface area contributed by atoms with Crippen molar-refractivity contribution in [2.75, 3.05) is 0 Å². The third-order valence-electron chi connectivity index (χ3n) is 3.49. The first-order valence-electron chi connectivity index (χ1n) is 6.49. The van der Waals surface area contributed by atoms with Crippen molar-refractivity contribution in [1.29, 1.82) is 0 Å². The predicted octanol–water partition coefficient (Wildman–Crippen LogP) is 3.40. The van der Waals surface area contributed by atoms with Crippen LogP contribution >= 0.6 is 11.3 Å². The molecule has 18 heavy (non-hydrogen) atoms. The number of thiophene rings is 1. The van der Waals surface area contributed by atoms with E-state index in [0.717, 1.165) is 24.1 Å². The highest BCUT2D eigenvalue weighted by Crippen LogP contribution is 2.25. The SMILES string of the molecule is CC(=NNC(=O)C1CCCC1)c1cc(C)sc1C. The van der Waals surface area contributed by atoms with Crippen LogP contribution in [0.2, 0.25) is 0 Å². The lowest BCUT2D eigenvalue weighted by Crippen LogP contribution is -2.25. The molecule has 0 saturated heterocycles. The van der Waals surface area contributed by atoms with Crippen molar-refractivity contribution in [3.63, 3.8) is 0 Å². The van der Waals surface area contributed by atoms with E-state index in [9.17, 15) is 4.79 Å². The minimum atomic E-state index is 0.0801. The largest absolute Gasteiger partial charge is 0.273 e. The molecule has 0 radical (unpaired) electrons. The van der Waals surface area contributed by atoms with Crippen molar-refractivity contribution in [2.45, 2.75) is 46.5 Å². The van der Waals surface area contributed by atoms with E-state index in [2.05, 4.69) is 30.4 Å². The number of aryl methyl sites for hydroxylation is 2. The number of amides is 1. The number of hydrogen-bond acceptors (Lipinski definition) is 3. The topological polar surface area (TPSA) is 41.5 Å². The lowest BCUT2D eigenvalue weighted by atomic mass is 10.1. The monoisotopic (exact) mass is 264 g/mol. The molecule has 2 rings (SSSR count). The van der Waals surface area contributed by atoms with E-state index in [0.29, 0.717) is 0 Å². The summed E-state index contributed by atoms with van der Waals surface area (Å²) in [7, 11) is 0. The van der Waals surface area contributed by atoms with Crippen LogP contribution in [0.5, 0.6) is 0 Å². The third-order valence-corrected chi connectivity index (χ3v) is 4.46. The van der Waals surface area contributed by atoms with E-state index < -0.39 is 0 Å². The summed E-state index contributed by atoms with van der Waals surface area (Å²) in [6.07, 6.45) is 4.36. The highest BCUT2D eigenvalue weighted by Gasteiger charge is 2.22. The predicted molar refractivity (Wildman–Crippen MR) is 76.1 cm³/mol. The van der Waals surface area contributed by atoms with Crippen molar-refractivity contribution in [3.8, 4) is 0 Å². The Labute approximate surface area is 112 Å². The average molecular weight is 264 g/mol. The number of hydrogen-bond donors (Lipinski definition) is 1. The first-order valence-corrected chi connectivity index (χ1v) is 7.31. The van der Waals surface area contributed by atoms with Gasteiger partial charge in [-0.3, -0.25) is 4.79 Å². The van der Waals surface area contributed by atoms with Crippen molar-refractivity contribution < 1.29 is 4.79 Å². The van der Waals surface area contributed by atoms with Crippen LogP contribution in [0.3, 0.4) is 0 Å². The summed E-state index contributed by atoms with van der Waals surface area (Å²) in [6, 6.07) is 2.13. The van der Waals surface area contributed by atoms with Gasteiger partial charge in [-0.2, -0.15) is 5.10 Å². The average Bonchev–Trinajstić information content (AvgIpc) is 2.95. The van der Waals surface area contributed by atoms with Gasteiger partial charge in [-0.25, -0.2) is 5.43 Å². The quantitative estimate of drug-likeness (QED) is 0.660. The number of rotatable bonds is 3. The molecule has 0 unspecified atom stereocenters. The lowest BCUT2D eigenvalue weighted by Gasteiger charge is -2.07. The van der Waals surface area contributed by atoms with Gasteiger partial charge < -0.3 is 0 Å². The van der Waals surface area contributed by atoms with Gasteiger partial charge in [0.05, 0.1) is 5.71 Å². The third kappa shape index (κ3) is 2.99. The minimum absolute atomic E-state index is 0.0801. The standard InChI is InChI=1S/C14H20N2OS/c1-9-8-13(11(3)18-9)10(2)15-16-14(17)12-6-4-5-7-12/h8,12H,4-7H2,1-3H3,(H,16,17). The second-order valence-electron chi connectivity index (χ2n) is 4.98. The molecule has 1 fully saturated rings. The van der Waals surface area contributed by atoms with Crippen LogP contribution in [0.4, 0.5) is 0 Å². The Kier molecular flexibility index (Phi) is 4.17. The van der Waals surface area contributed by atoms with Crippen LogP contribution in [0, 0.1) is 19.8 Å². The summed E-state index contributed by atoms with van der Waals surface area (Å²) >= 11 is 1.76. The first-order chi connectivity index (χ1) is 8.58. The van der Waals surface area contributed by atoms with E-state index in [1.54, 1.807) is 11.3 Å². The molecule has 1 amide bonds. The summed E-state index contributed by atoms with van der Waals surface area (Å²) in [4.78, 5) is 14.4. The fraction of sp³-hybridized carbons (Fsp3) is 0.571. The van der Waals surface area contributed by atoms with E-state index in [4.69, 9.17) is 0 Å². The Morgan fingerprint density at radius 2 is 2.06 bits per heavy atom. The molecule has 1 aliphatic rings. The smallest absolute Gasteiger partial charge is 0.243 e. The van der Waals surface area contributed by atoms with E-state index in [1.807, 2.05) is 6.92 Å². The van der Waals surface area contributed by atoms with Gasteiger partial charge in [-0.1, -0.05) is 12.8 Å². The fourth-order valence-corrected chi connectivity index (χ4v) is 3.44. The van der Waals surface area contributed by atoms with Crippen LogP contribution in [-0.4, -0.2) is 11.6 Å². The maximum atomic E-state index is 11.9. The molecule has 0 aliphatic heterocycles. The molecule has 0 atom stereocenters. The molecule has 1 aromatic heterocycles. The summed E-state index contributed by atoms with van der Waals surface area (Å²) in [5.74, 6) is 0.253. The lowest BCUT2D eigenvalue weighted by molar-refractivity contribution is -0.124. The molecule has 1 heterocycles. The van der Waals surface area contributed by atoms with Crippen LogP contribution in [-0.2, 0) is 4.79 Å². The van der Waals surface area contributed by atoms with Crippen molar-refractivity contribution >= 4 is 23.0 Å². The number of nitrogens with zero attached hydrogens (tertiary/aromatic N) is 1. The van der Waals surface area contributed by atoms with Crippen LogP contribution < -0.4 is 5.43 Å². The highest BCUT2D eigenvalue weighted by molar-refractivity contribution is 7.12. The van der Waals surface area contributed by atoms with Crippen LogP contribution in [0.1, 0.15) is 47.9 Å². The molecular weight excluding hydrogens is 244 g/mol. The number of carbonyl (C=O) groups excluding carboxylic acids is 1. The number of nitrogens with one attached hydrogen (secondary N) is 1. The summed E-state index contributed by atoms with van der Waals surface area (Å²) in [5.41, 5.74) is 4.75. The maximum absolute atomic E-state index is 11.9. The van der Waals surface area contributed by atoms with Gasteiger partial charge in [0, 0.05) is 21.2 Å². The Balaban J connectivity index is 2.00. The zero-order valence-electron chi connectivity index (χ0n) is 11.2. The second-order valence-corrected chi connectivity index (χ2v) is 6.44. The van der Waals surface area contributed by atoms with Crippen LogP contribution in [0.15, 0.2) is 11.2 Å². The molecule has 98 valence electrons. The molecule has 0 spiro atoms. The maximum Gasteiger partial charge on any atom is 0.243 e. The first kappa shape index (κ1) is 13.3. The van der Waals surface area contributed by atoms with Gasteiger partial charge in [-0.15, -0.1) is 11.3 Å². The molecular formula is C14H20N2OS. The Morgan fingerprint density at radius 1 is 1.39 bits per heavy atom. The van der Waals surface area contributed by atoms with Crippen molar-refractivity contribution in [1.82, 2.24) is 5.43 Å². The molecule has 1 saturated carbocycles. The highest BCUT2D eigenvalue weighted by atomic mass is 32.1. The molecule has 0 bridgehead atoms. The van der Waals surface area contributed by atoms with Crippen LogP contribution in [0.25, 0.3) is 0 Å². The zero-order valence-corrected chi connectivity index (χ0v) is 12.1. The summed E-state index contributed by atoms with van der Waals surface area (Å²) in [6.45, 7) is 6.12.